The Kier molecular flexibility index (Phi) is 6.95. The maximum atomic E-state index is 13.0. The number of benzene rings is 2. The summed E-state index contributed by atoms with van der Waals surface area (Å²) in [6.45, 7) is 2.32. The molecule has 0 aliphatic carbocycles. The number of aromatic nitrogens is 3. The molecule has 1 N–H and O–H groups in total. The Balaban J connectivity index is 1.58. The minimum Gasteiger partial charge on any atom is -0.493 e. The first-order chi connectivity index (χ1) is 16.0. The molecule has 0 aliphatic heterocycles. The summed E-state index contributed by atoms with van der Waals surface area (Å²) in [5, 5.41) is 3.32. The van der Waals surface area contributed by atoms with Crippen LogP contribution in [-0.4, -0.2) is 39.8 Å². The Morgan fingerprint density at radius 2 is 1.88 bits per heavy atom. The van der Waals surface area contributed by atoms with Gasteiger partial charge in [0, 0.05) is 23.9 Å². The molecule has 33 heavy (non-hydrogen) atoms. The van der Waals surface area contributed by atoms with Gasteiger partial charge in [0.2, 0.25) is 5.91 Å². The molecule has 8 nitrogen and oxygen atoms in total. The number of fused-ring (bicyclic) bond motifs is 1. The van der Waals surface area contributed by atoms with E-state index in [-0.39, 0.29) is 17.2 Å². The van der Waals surface area contributed by atoms with E-state index in [0.717, 1.165) is 17.1 Å². The van der Waals surface area contributed by atoms with Crippen LogP contribution in [0.4, 0.5) is 5.69 Å². The van der Waals surface area contributed by atoms with E-state index in [1.165, 1.54) is 18.9 Å². The lowest BCUT2D eigenvalue weighted by atomic mass is 10.1. The molecule has 0 saturated heterocycles. The summed E-state index contributed by atoms with van der Waals surface area (Å²) in [5.74, 6) is 0.960. The van der Waals surface area contributed by atoms with Crippen LogP contribution in [0.5, 0.6) is 11.5 Å². The Morgan fingerprint density at radius 3 is 2.58 bits per heavy atom. The topological polar surface area (TPSA) is 95.3 Å². The smallest absolute Gasteiger partial charge is 0.273 e. The van der Waals surface area contributed by atoms with E-state index >= 15 is 0 Å². The zero-order valence-electron chi connectivity index (χ0n) is 18.3. The first-order valence-corrected chi connectivity index (χ1v) is 11.9. The highest BCUT2D eigenvalue weighted by Gasteiger charge is 2.18. The van der Waals surface area contributed by atoms with Crippen molar-refractivity contribution in [1.82, 2.24) is 13.9 Å². The average Bonchev–Trinajstić information content (AvgIpc) is 3.27. The standard InChI is InChI=1S/C23H22N4O4S2/c1-4-27-22(29)21-20(19(26-33-21)14-8-6-5-7-9-14)25-23(27)32-13-18(28)24-15-10-11-16(30-2)17(12-15)31-3/h5-12H,4,13H2,1-3H3,(H,24,28). The quantitative estimate of drug-likeness (QED) is 0.296. The van der Waals surface area contributed by atoms with Gasteiger partial charge in [-0.15, -0.1) is 0 Å². The van der Waals surface area contributed by atoms with Crippen LogP contribution in [0, 0.1) is 0 Å². The van der Waals surface area contributed by atoms with Gasteiger partial charge >= 0.3 is 0 Å². The number of rotatable bonds is 8. The number of anilines is 1. The van der Waals surface area contributed by atoms with Crippen molar-refractivity contribution in [3.05, 3.63) is 58.9 Å². The molecule has 0 bridgehead atoms. The monoisotopic (exact) mass is 482 g/mol. The number of nitrogens with one attached hydrogen (secondary N) is 1. The van der Waals surface area contributed by atoms with Crippen molar-refractivity contribution in [1.29, 1.82) is 0 Å². The van der Waals surface area contributed by atoms with Crippen molar-refractivity contribution in [2.24, 2.45) is 0 Å². The molecule has 0 fully saturated rings. The van der Waals surface area contributed by atoms with Crippen molar-refractivity contribution in [2.75, 3.05) is 25.3 Å². The second kappa shape index (κ2) is 10.1. The maximum Gasteiger partial charge on any atom is 0.273 e. The van der Waals surface area contributed by atoms with Gasteiger partial charge in [-0.05, 0) is 30.6 Å². The van der Waals surface area contributed by atoms with Crippen molar-refractivity contribution < 1.29 is 14.3 Å². The molecule has 1 amide bonds. The maximum absolute atomic E-state index is 13.0. The normalized spacial score (nSPS) is 10.9. The number of hydrogen-bond donors (Lipinski definition) is 1. The SMILES string of the molecule is CCn1c(SCC(=O)Nc2ccc(OC)c(OC)c2)nc2c(-c3ccccc3)nsc2c1=O. The summed E-state index contributed by atoms with van der Waals surface area (Å²) in [5.41, 5.74) is 2.57. The molecule has 0 saturated carbocycles. The molecule has 0 atom stereocenters. The Morgan fingerprint density at radius 1 is 1.12 bits per heavy atom. The predicted molar refractivity (Wildman–Crippen MR) is 132 cm³/mol. The largest absolute Gasteiger partial charge is 0.493 e. The van der Waals surface area contributed by atoms with Crippen LogP contribution in [0.25, 0.3) is 21.5 Å². The van der Waals surface area contributed by atoms with E-state index in [2.05, 4.69) is 9.69 Å². The van der Waals surface area contributed by atoms with E-state index in [4.69, 9.17) is 14.5 Å². The Hall–Kier alpha value is -3.37. The molecule has 4 aromatic rings. The molecular weight excluding hydrogens is 460 g/mol. The first kappa shape index (κ1) is 22.8. The summed E-state index contributed by atoms with van der Waals surface area (Å²) in [6, 6.07) is 14.8. The van der Waals surface area contributed by atoms with Gasteiger partial charge in [-0.3, -0.25) is 14.2 Å². The minimum atomic E-state index is -0.226. The van der Waals surface area contributed by atoms with Crippen molar-refractivity contribution >= 4 is 45.1 Å². The van der Waals surface area contributed by atoms with E-state index in [9.17, 15) is 9.59 Å². The molecule has 0 unspecified atom stereocenters. The van der Waals surface area contributed by atoms with Gasteiger partial charge in [0.25, 0.3) is 5.56 Å². The van der Waals surface area contributed by atoms with Crippen LogP contribution < -0.4 is 20.3 Å². The molecule has 2 aromatic carbocycles. The van der Waals surface area contributed by atoms with Crippen molar-refractivity contribution in [3.8, 4) is 22.8 Å². The number of carbonyl (C=O) groups excluding carboxylic acids is 1. The average molecular weight is 483 g/mol. The molecule has 0 aliphatic rings. The Labute approximate surface area is 198 Å². The summed E-state index contributed by atoms with van der Waals surface area (Å²) < 4.78 is 17.1. The zero-order chi connectivity index (χ0) is 23.4. The van der Waals surface area contributed by atoms with Crippen molar-refractivity contribution in [2.45, 2.75) is 18.6 Å². The second-order valence-corrected chi connectivity index (χ2v) is 8.64. The number of carbonyl (C=O) groups is 1. The van der Waals surface area contributed by atoms with Gasteiger partial charge in [0.1, 0.15) is 15.9 Å². The molecule has 2 aromatic heterocycles. The van der Waals surface area contributed by atoms with E-state index in [1.807, 2.05) is 37.3 Å². The van der Waals surface area contributed by atoms with Gasteiger partial charge in [0.15, 0.2) is 16.7 Å². The van der Waals surface area contributed by atoms with Crippen LogP contribution in [-0.2, 0) is 11.3 Å². The summed E-state index contributed by atoms with van der Waals surface area (Å²) in [6.07, 6.45) is 0. The fraction of sp³-hybridized carbons (Fsp3) is 0.217. The molecule has 170 valence electrons. The summed E-state index contributed by atoms with van der Waals surface area (Å²) in [7, 11) is 3.09. The fourth-order valence-electron chi connectivity index (χ4n) is 3.31. The number of nitrogens with zero attached hydrogens (tertiary/aromatic N) is 3. The lowest BCUT2D eigenvalue weighted by Crippen LogP contribution is -2.22. The second-order valence-electron chi connectivity index (χ2n) is 6.93. The van der Waals surface area contributed by atoms with Crippen molar-refractivity contribution in [3.63, 3.8) is 0 Å². The molecule has 10 heteroatoms. The number of ether oxygens (including phenoxy) is 2. The third-order valence-electron chi connectivity index (χ3n) is 4.91. The molecule has 0 spiro atoms. The van der Waals surface area contributed by atoms with E-state index < -0.39 is 0 Å². The third-order valence-corrected chi connectivity index (χ3v) is 6.71. The minimum absolute atomic E-state index is 0.0878. The number of methoxy groups -OCH3 is 2. The lowest BCUT2D eigenvalue weighted by Gasteiger charge is -2.12. The third kappa shape index (κ3) is 4.71. The van der Waals surface area contributed by atoms with Crippen LogP contribution in [0.1, 0.15) is 6.92 Å². The summed E-state index contributed by atoms with van der Waals surface area (Å²) in [4.78, 5) is 30.4. The van der Waals surface area contributed by atoms with Gasteiger partial charge in [-0.2, -0.15) is 4.37 Å². The van der Waals surface area contributed by atoms with Gasteiger partial charge in [0.05, 0.1) is 20.0 Å². The molecule has 2 heterocycles. The van der Waals surface area contributed by atoms with Gasteiger partial charge in [-0.25, -0.2) is 4.98 Å². The zero-order valence-corrected chi connectivity index (χ0v) is 20.0. The molecule has 4 rings (SSSR count). The van der Waals surface area contributed by atoms with Crippen LogP contribution in [0.3, 0.4) is 0 Å². The predicted octanol–water partition coefficient (Wildman–Crippen LogP) is 4.29. The van der Waals surface area contributed by atoms with Crippen LogP contribution in [0.2, 0.25) is 0 Å². The highest BCUT2D eigenvalue weighted by Crippen LogP contribution is 2.31. The highest BCUT2D eigenvalue weighted by atomic mass is 32.2. The lowest BCUT2D eigenvalue weighted by molar-refractivity contribution is -0.113. The number of amides is 1. The van der Waals surface area contributed by atoms with Crippen LogP contribution in [0.15, 0.2) is 58.5 Å². The highest BCUT2D eigenvalue weighted by molar-refractivity contribution is 7.99. The Bertz CT molecular complexity index is 1350. The first-order valence-electron chi connectivity index (χ1n) is 10.2. The fourth-order valence-corrected chi connectivity index (χ4v) is 4.96. The van der Waals surface area contributed by atoms with E-state index in [0.29, 0.717) is 44.8 Å². The van der Waals surface area contributed by atoms with Gasteiger partial charge < -0.3 is 14.8 Å². The van der Waals surface area contributed by atoms with E-state index in [1.54, 1.807) is 29.9 Å². The number of hydrogen-bond acceptors (Lipinski definition) is 8. The number of thioether (sulfide) groups is 1. The molecule has 0 radical (unpaired) electrons. The van der Waals surface area contributed by atoms with Crippen LogP contribution >= 0.6 is 23.3 Å². The molecular formula is C23H22N4O4S2. The van der Waals surface area contributed by atoms with Gasteiger partial charge in [-0.1, -0.05) is 42.1 Å². The summed E-state index contributed by atoms with van der Waals surface area (Å²) >= 11 is 2.36.